The van der Waals surface area contributed by atoms with Crippen molar-refractivity contribution in [2.75, 3.05) is 0 Å². The molecule has 4 aliphatic carbocycles. The molecule has 0 spiro atoms. The minimum Gasteiger partial charge on any atom is -0.462 e. The summed E-state index contributed by atoms with van der Waals surface area (Å²) in [7, 11) is 0. The molecule has 0 aromatic rings. The highest BCUT2D eigenvalue weighted by molar-refractivity contribution is 5.66. The minimum atomic E-state index is -0.148. The van der Waals surface area contributed by atoms with Crippen LogP contribution in [-0.2, 0) is 9.53 Å². The van der Waals surface area contributed by atoms with Crippen LogP contribution in [0, 0.1) is 46.3 Å². The molecule has 9 atom stereocenters. The monoisotopic (exact) mass is 443 g/mol. The van der Waals surface area contributed by atoms with Crippen LogP contribution in [0.4, 0.5) is 0 Å². The Labute approximate surface area is 197 Å². The van der Waals surface area contributed by atoms with Gasteiger partial charge < -0.3 is 10.5 Å². The van der Waals surface area contributed by atoms with Gasteiger partial charge in [-0.3, -0.25) is 4.79 Å². The molecule has 2 N–H and O–H groups in total. The van der Waals surface area contributed by atoms with Gasteiger partial charge in [0, 0.05) is 19.4 Å². The van der Waals surface area contributed by atoms with Crippen molar-refractivity contribution in [1.29, 1.82) is 0 Å². The third-order valence-corrected chi connectivity index (χ3v) is 10.7. The maximum absolute atomic E-state index is 11.5. The lowest BCUT2D eigenvalue weighted by Gasteiger charge is -2.60. The molecule has 0 aromatic heterocycles. The van der Waals surface area contributed by atoms with Crippen LogP contribution < -0.4 is 5.73 Å². The molecule has 3 heteroatoms. The summed E-state index contributed by atoms with van der Waals surface area (Å²) in [5, 5.41) is 0. The van der Waals surface area contributed by atoms with Gasteiger partial charge >= 0.3 is 5.97 Å². The zero-order valence-corrected chi connectivity index (χ0v) is 21.7. The van der Waals surface area contributed by atoms with Gasteiger partial charge in [0.15, 0.2) is 0 Å². The Bertz CT molecular complexity index is 729. The van der Waals surface area contributed by atoms with Crippen LogP contribution in [-0.4, -0.2) is 18.1 Å². The van der Waals surface area contributed by atoms with Crippen LogP contribution in [0.5, 0.6) is 0 Å². The Kier molecular flexibility index (Phi) is 6.90. The molecule has 182 valence electrons. The summed E-state index contributed by atoms with van der Waals surface area (Å²) in [6.45, 7) is 13.9. The van der Waals surface area contributed by atoms with Gasteiger partial charge in [-0.2, -0.15) is 0 Å². The number of fused-ring (bicyclic) bond motifs is 5. The van der Waals surface area contributed by atoms with Gasteiger partial charge in [0.25, 0.3) is 0 Å². The SMILES string of the molecule is CC(=O)O[C@H]1CC[C@@]2(C)C(=C[C@@H](N)[C@H]3[C@@H]4CC[C@H]([C@H](C)CCCC(C)C)[C@@]4(C)CC[C@@H]32)C1. The fraction of sp³-hybridized carbons (Fsp3) is 0.897. The second kappa shape index (κ2) is 9.08. The number of carbonyl (C=O) groups is 1. The Hall–Kier alpha value is -0.830. The number of nitrogens with two attached hydrogens (primary N) is 1. The maximum Gasteiger partial charge on any atom is 0.302 e. The number of ether oxygens (including phenoxy) is 1. The van der Waals surface area contributed by atoms with E-state index < -0.39 is 0 Å². The first-order chi connectivity index (χ1) is 15.1. The Morgan fingerprint density at radius 2 is 1.84 bits per heavy atom. The van der Waals surface area contributed by atoms with Crippen molar-refractivity contribution in [3.05, 3.63) is 11.6 Å². The molecule has 0 aliphatic heterocycles. The van der Waals surface area contributed by atoms with E-state index in [2.05, 4.69) is 40.7 Å². The lowest BCUT2D eigenvalue weighted by Crippen LogP contribution is -2.57. The van der Waals surface area contributed by atoms with Crippen LogP contribution in [0.3, 0.4) is 0 Å². The summed E-state index contributed by atoms with van der Waals surface area (Å²) in [5.74, 6) is 4.47. The highest BCUT2D eigenvalue weighted by Crippen LogP contribution is 2.67. The first-order valence-corrected chi connectivity index (χ1v) is 13.7. The molecule has 0 amide bonds. The van der Waals surface area contributed by atoms with E-state index in [1.807, 2.05) is 0 Å². The van der Waals surface area contributed by atoms with Crippen LogP contribution in [0.1, 0.15) is 106 Å². The molecule has 0 bridgehead atoms. The Morgan fingerprint density at radius 3 is 2.53 bits per heavy atom. The lowest BCUT2D eigenvalue weighted by atomic mass is 9.46. The quantitative estimate of drug-likeness (QED) is 0.359. The van der Waals surface area contributed by atoms with Crippen molar-refractivity contribution < 1.29 is 9.53 Å². The largest absolute Gasteiger partial charge is 0.462 e. The van der Waals surface area contributed by atoms with E-state index in [4.69, 9.17) is 10.5 Å². The molecule has 0 unspecified atom stereocenters. The zero-order chi connectivity index (χ0) is 23.3. The lowest BCUT2D eigenvalue weighted by molar-refractivity contribution is -0.148. The average Bonchev–Trinajstić information content (AvgIpc) is 3.05. The van der Waals surface area contributed by atoms with Crippen molar-refractivity contribution in [3.8, 4) is 0 Å². The standard InChI is InChI=1S/C29H49NO2/c1-18(2)8-7-9-19(3)23-10-11-24-27-25(13-15-29(23,24)6)28(5)14-12-22(32-20(4)31)16-21(28)17-26(27)30/h17-19,22-27H,7-16,30H2,1-6H3/t19-,22+,23-,24+,25+,26-,27+,28+,29-/m1/s1. The molecule has 4 rings (SSSR count). The molecule has 0 saturated heterocycles. The van der Waals surface area contributed by atoms with E-state index >= 15 is 0 Å². The van der Waals surface area contributed by atoms with Gasteiger partial charge in [0.2, 0.25) is 0 Å². The second-order valence-electron chi connectivity index (χ2n) is 13.0. The molecule has 3 saturated carbocycles. The van der Waals surface area contributed by atoms with Gasteiger partial charge in [0.1, 0.15) is 6.10 Å². The number of rotatable bonds is 6. The van der Waals surface area contributed by atoms with Crippen molar-refractivity contribution in [2.45, 2.75) is 118 Å². The Balaban J connectivity index is 1.51. The van der Waals surface area contributed by atoms with Gasteiger partial charge in [-0.15, -0.1) is 0 Å². The van der Waals surface area contributed by atoms with Gasteiger partial charge in [-0.05, 0) is 84.9 Å². The highest BCUT2D eigenvalue weighted by Gasteiger charge is 2.60. The Morgan fingerprint density at radius 1 is 1.09 bits per heavy atom. The highest BCUT2D eigenvalue weighted by atomic mass is 16.5. The van der Waals surface area contributed by atoms with E-state index in [0.717, 1.165) is 42.9 Å². The topological polar surface area (TPSA) is 52.3 Å². The molecule has 0 heterocycles. The predicted molar refractivity (Wildman–Crippen MR) is 132 cm³/mol. The third-order valence-electron chi connectivity index (χ3n) is 10.7. The molecule has 0 aromatic carbocycles. The first-order valence-electron chi connectivity index (χ1n) is 13.7. The van der Waals surface area contributed by atoms with Crippen LogP contribution in [0.2, 0.25) is 0 Å². The predicted octanol–water partition coefficient (Wildman–Crippen LogP) is 6.90. The molecule has 0 radical (unpaired) electrons. The van der Waals surface area contributed by atoms with Crippen LogP contribution >= 0.6 is 0 Å². The first kappa shape index (κ1) is 24.3. The number of hydrogen-bond acceptors (Lipinski definition) is 3. The van der Waals surface area contributed by atoms with E-state index in [1.54, 1.807) is 0 Å². The van der Waals surface area contributed by atoms with Crippen molar-refractivity contribution >= 4 is 5.97 Å². The van der Waals surface area contributed by atoms with Crippen LogP contribution in [0.25, 0.3) is 0 Å². The minimum absolute atomic E-state index is 0.0481. The van der Waals surface area contributed by atoms with E-state index in [1.165, 1.54) is 57.4 Å². The average molecular weight is 444 g/mol. The molecule has 3 nitrogen and oxygen atoms in total. The second-order valence-corrected chi connectivity index (χ2v) is 13.0. The fourth-order valence-electron chi connectivity index (χ4n) is 9.06. The van der Waals surface area contributed by atoms with E-state index in [0.29, 0.717) is 17.3 Å². The molecule has 4 aliphatic rings. The van der Waals surface area contributed by atoms with Crippen molar-refractivity contribution in [2.24, 2.45) is 52.1 Å². The van der Waals surface area contributed by atoms with E-state index in [9.17, 15) is 4.79 Å². The number of esters is 1. The molecular formula is C29H49NO2. The van der Waals surface area contributed by atoms with Crippen molar-refractivity contribution in [1.82, 2.24) is 0 Å². The summed E-state index contributed by atoms with van der Waals surface area (Å²) >= 11 is 0. The molecule has 3 fully saturated rings. The maximum atomic E-state index is 11.5. The summed E-state index contributed by atoms with van der Waals surface area (Å²) in [6.07, 6.45) is 15.1. The summed E-state index contributed by atoms with van der Waals surface area (Å²) in [4.78, 5) is 11.5. The molecular weight excluding hydrogens is 394 g/mol. The smallest absolute Gasteiger partial charge is 0.302 e. The normalized spacial score (nSPS) is 44.3. The summed E-state index contributed by atoms with van der Waals surface area (Å²) in [6, 6.07) is 0.166. The fourth-order valence-corrected chi connectivity index (χ4v) is 9.06. The van der Waals surface area contributed by atoms with Gasteiger partial charge in [0.05, 0.1) is 0 Å². The van der Waals surface area contributed by atoms with Crippen LogP contribution in [0.15, 0.2) is 11.6 Å². The summed E-state index contributed by atoms with van der Waals surface area (Å²) in [5.41, 5.74) is 9.17. The van der Waals surface area contributed by atoms with Gasteiger partial charge in [-0.1, -0.05) is 65.5 Å². The number of hydrogen-bond donors (Lipinski definition) is 1. The summed E-state index contributed by atoms with van der Waals surface area (Å²) < 4.78 is 5.61. The number of carbonyl (C=O) groups excluding carboxylic acids is 1. The van der Waals surface area contributed by atoms with Crippen molar-refractivity contribution in [3.63, 3.8) is 0 Å². The molecule has 32 heavy (non-hydrogen) atoms. The van der Waals surface area contributed by atoms with E-state index in [-0.39, 0.29) is 23.5 Å². The van der Waals surface area contributed by atoms with Gasteiger partial charge in [-0.25, -0.2) is 0 Å². The third kappa shape index (κ3) is 4.21. The zero-order valence-electron chi connectivity index (χ0n) is 21.7.